The maximum atomic E-state index is 6.01. The van der Waals surface area contributed by atoms with E-state index in [1.165, 1.54) is 0 Å². The fourth-order valence-electron chi connectivity index (χ4n) is 1.50. The van der Waals surface area contributed by atoms with Gasteiger partial charge in [-0.25, -0.2) is 0 Å². The van der Waals surface area contributed by atoms with Crippen molar-refractivity contribution in [1.29, 1.82) is 0 Å². The molecule has 1 rings (SSSR count). The van der Waals surface area contributed by atoms with E-state index in [-0.39, 0.29) is 5.38 Å². The quantitative estimate of drug-likeness (QED) is 0.552. The van der Waals surface area contributed by atoms with Gasteiger partial charge in [-0.05, 0) is 38.2 Å². The van der Waals surface area contributed by atoms with E-state index in [1.807, 2.05) is 6.08 Å². The highest BCUT2D eigenvalue weighted by Gasteiger charge is 2.27. The van der Waals surface area contributed by atoms with Gasteiger partial charge in [0.05, 0.1) is 28.0 Å². The average molecular weight is 285 g/mol. The Morgan fingerprint density at radius 2 is 2.27 bits per heavy atom. The summed E-state index contributed by atoms with van der Waals surface area (Å²) in [4.78, 5) is 0. The first-order chi connectivity index (χ1) is 7.00. The number of allylic oxidation sites excluding steroid dienone is 1. The predicted molar refractivity (Wildman–Crippen MR) is 66.9 cm³/mol. The van der Waals surface area contributed by atoms with Crippen LogP contribution in [0, 0.1) is 0 Å². The number of halogens is 3. The first kappa shape index (κ1) is 13.7. The van der Waals surface area contributed by atoms with Gasteiger partial charge in [0.15, 0.2) is 0 Å². The number of ether oxygens (including phenoxy) is 1. The Morgan fingerprint density at radius 3 is 2.80 bits per heavy atom. The van der Waals surface area contributed by atoms with Crippen molar-refractivity contribution in [2.24, 2.45) is 0 Å². The molecule has 0 saturated carbocycles. The van der Waals surface area contributed by atoms with Crippen LogP contribution in [-0.2, 0) is 4.74 Å². The minimum Gasteiger partial charge on any atom is -0.498 e. The van der Waals surface area contributed by atoms with Crippen molar-refractivity contribution in [2.75, 3.05) is 0 Å². The monoisotopic (exact) mass is 283 g/mol. The third kappa shape index (κ3) is 5.48. The van der Waals surface area contributed by atoms with E-state index in [0.29, 0.717) is 6.10 Å². The summed E-state index contributed by atoms with van der Waals surface area (Å²) in [5.41, 5.74) is 0. The van der Waals surface area contributed by atoms with Crippen LogP contribution < -0.4 is 0 Å². The zero-order valence-corrected chi connectivity index (χ0v) is 11.7. The van der Waals surface area contributed by atoms with Crippen molar-refractivity contribution in [3.63, 3.8) is 0 Å². The summed E-state index contributed by atoms with van der Waals surface area (Å²) < 4.78 is 4.41. The van der Waals surface area contributed by atoms with Gasteiger partial charge < -0.3 is 4.74 Å². The lowest BCUT2D eigenvalue weighted by atomic mass is 10.1. The Morgan fingerprint density at radius 1 is 1.53 bits per heavy atom. The largest absolute Gasteiger partial charge is 0.498 e. The minimum absolute atomic E-state index is 0.281. The highest BCUT2D eigenvalue weighted by Crippen LogP contribution is 2.29. The molecule has 0 spiro atoms. The fourth-order valence-corrected chi connectivity index (χ4v) is 2.02. The van der Waals surface area contributed by atoms with Gasteiger partial charge in [0.1, 0.15) is 3.96 Å². The molecule has 0 bridgehead atoms. The van der Waals surface area contributed by atoms with Crippen molar-refractivity contribution in [3.8, 4) is 0 Å². The van der Waals surface area contributed by atoms with E-state index >= 15 is 0 Å². The van der Waals surface area contributed by atoms with Gasteiger partial charge in [0.2, 0.25) is 0 Å². The molecule has 0 aromatic carbocycles. The molecule has 0 amide bonds. The highest BCUT2D eigenvalue weighted by atomic mass is 35.5. The van der Waals surface area contributed by atoms with E-state index in [9.17, 15) is 0 Å². The molecular weight excluding hydrogens is 271 g/mol. The van der Waals surface area contributed by atoms with Crippen LogP contribution in [0.25, 0.3) is 0 Å². The van der Waals surface area contributed by atoms with E-state index in [0.717, 1.165) is 32.1 Å². The summed E-state index contributed by atoms with van der Waals surface area (Å²) in [5.74, 6) is 0. The zero-order valence-electron chi connectivity index (χ0n) is 8.39. The number of alkyl halides is 3. The Bertz CT molecular complexity index is 215. The van der Waals surface area contributed by atoms with Crippen LogP contribution in [-0.4, -0.2) is 25.7 Å². The highest BCUT2D eigenvalue weighted by molar-refractivity contribution is 6.67. The molecule has 1 nitrogen and oxygen atoms in total. The van der Waals surface area contributed by atoms with Gasteiger partial charge in [-0.2, -0.15) is 0 Å². The SMILES string of the molecule is [Si]C(Cl)(Cl)C(Cl)CCCC1CCC=CO1. The van der Waals surface area contributed by atoms with Crippen LogP contribution in [0.3, 0.4) is 0 Å². The van der Waals surface area contributed by atoms with Crippen molar-refractivity contribution >= 4 is 45.0 Å². The first-order valence-corrected chi connectivity index (χ1v) is 6.76. The minimum atomic E-state index is -1.03. The van der Waals surface area contributed by atoms with Crippen LogP contribution in [0.5, 0.6) is 0 Å². The van der Waals surface area contributed by atoms with Crippen LogP contribution >= 0.6 is 34.8 Å². The second kappa shape index (κ2) is 6.38. The van der Waals surface area contributed by atoms with E-state index < -0.39 is 3.96 Å². The molecule has 0 N–H and O–H groups in total. The Balaban J connectivity index is 2.13. The van der Waals surface area contributed by atoms with Crippen LogP contribution in [0.15, 0.2) is 12.3 Å². The molecule has 0 fully saturated rings. The maximum Gasteiger partial charge on any atom is 0.116 e. The van der Waals surface area contributed by atoms with Gasteiger partial charge >= 0.3 is 0 Å². The van der Waals surface area contributed by atoms with Gasteiger partial charge in [-0.1, -0.05) is 0 Å². The topological polar surface area (TPSA) is 9.23 Å². The van der Waals surface area contributed by atoms with Crippen molar-refractivity contribution < 1.29 is 4.74 Å². The molecule has 0 aromatic heterocycles. The Labute approximate surface area is 110 Å². The maximum absolute atomic E-state index is 6.01. The summed E-state index contributed by atoms with van der Waals surface area (Å²) in [7, 11) is 3.18. The van der Waals surface area contributed by atoms with Gasteiger partial charge in [-0.3, -0.25) is 0 Å². The number of rotatable bonds is 5. The third-order valence-corrected chi connectivity index (χ3v) is 4.23. The molecule has 0 aromatic rings. The van der Waals surface area contributed by atoms with Crippen molar-refractivity contribution in [1.82, 2.24) is 0 Å². The molecule has 2 unspecified atom stereocenters. The lowest BCUT2D eigenvalue weighted by molar-refractivity contribution is 0.113. The molecule has 85 valence electrons. The molecule has 0 saturated heterocycles. The van der Waals surface area contributed by atoms with Crippen LogP contribution in [0.4, 0.5) is 0 Å². The van der Waals surface area contributed by atoms with E-state index in [1.54, 1.807) is 6.26 Å². The second-order valence-electron chi connectivity index (χ2n) is 3.73. The normalized spacial score (nSPS) is 23.6. The predicted octanol–water partition coefficient (Wildman–Crippen LogP) is 3.76. The van der Waals surface area contributed by atoms with Crippen LogP contribution in [0.1, 0.15) is 32.1 Å². The molecule has 2 atom stereocenters. The lowest BCUT2D eigenvalue weighted by Crippen LogP contribution is -2.27. The second-order valence-corrected chi connectivity index (χ2v) is 7.06. The fraction of sp³-hybridized carbons (Fsp3) is 0.800. The zero-order chi connectivity index (χ0) is 11.3. The molecule has 3 radical (unpaired) electrons. The summed E-state index contributed by atoms with van der Waals surface area (Å²) in [6.45, 7) is 0. The average Bonchev–Trinajstić information content (AvgIpc) is 2.18. The summed E-state index contributed by atoms with van der Waals surface area (Å²) in [6.07, 6.45) is 9.09. The van der Waals surface area contributed by atoms with Crippen molar-refractivity contribution in [2.45, 2.75) is 47.5 Å². The Kier molecular flexibility index (Phi) is 5.83. The summed E-state index contributed by atoms with van der Waals surface area (Å²) in [6, 6.07) is 0. The molecule has 1 heterocycles. The molecule has 0 aliphatic carbocycles. The molecule has 15 heavy (non-hydrogen) atoms. The summed E-state index contributed by atoms with van der Waals surface area (Å²) in [5, 5.41) is -0.281. The van der Waals surface area contributed by atoms with E-state index in [2.05, 4.69) is 10.2 Å². The van der Waals surface area contributed by atoms with Gasteiger partial charge in [-0.15, -0.1) is 34.8 Å². The molecular formula is C10H14Cl3OSi. The standard InChI is InChI=1S/C10H14Cl3OSi/c11-9(10(12,13)15)6-3-5-8-4-1-2-7-14-8/h2,7-9H,1,3-6H2. The summed E-state index contributed by atoms with van der Waals surface area (Å²) >= 11 is 17.6. The third-order valence-electron chi connectivity index (χ3n) is 2.40. The van der Waals surface area contributed by atoms with Gasteiger partial charge in [0, 0.05) is 0 Å². The first-order valence-electron chi connectivity index (χ1n) is 5.07. The van der Waals surface area contributed by atoms with Crippen LogP contribution in [0.2, 0.25) is 0 Å². The van der Waals surface area contributed by atoms with Gasteiger partial charge in [0.25, 0.3) is 0 Å². The van der Waals surface area contributed by atoms with E-state index in [4.69, 9.17) is 39.5 Å². The number of hydrogen-bond donors (Lipinski definition) is 0. The van der Waals surface area contributed by atoms with Crippen molar-refractivity contribution in [3.05, 3.63) is 12.3 Å². The molecule has 1 aliphatic rings. The molecule has 5 heteroatoms. The smallest absolute Gasteiger partial charge is 0.116 e. The lowest BCUT2D eigenvalue weighted by Gasteiger charge is -2.22. The Hall–Kier alpha value is 0.627. The number of hydrogen-bond acceptors (Lipinski definition) is 1. The molecule has 1 aliphatic heterocycles.